The third kappa shape index (κ3) is 3.11. The second kappa shape index (κ2) is 6.21. The normalized spacial score (nSPS) is 10.6. The number of rotatable bonds is 6. The number of para-hydroxylation sites is 1. The molecular weight excluding hydrogens is 226 g/mol. The molecular formula is C14H19N3O. The third-order valence-corrected chi connectivity index (χ3v) is 2.80. The zero-order chi connectivity index (χ0) is 12.8. The van der Waals surface area contributed by atoms with E-state index in [-0.39, 0.29) is 0 Å². The van der Waals surface area contributed by atoms with Crippen molar-refractivity contribution in [2.75, 3.05) is 13.7 Å². The fourth-order valence-electron chi connectivity index (χ4n) is 1.87. The molecule has 1 heterocycles. The topological polar surface area (TPSA) is 49.9 Å². The van der Waals surface area contributed by atoms with Crippen molar-refractivity contribution >= 4 is 0 Å². The minimum absolute atomic E-state index is 0.760. The first kappa shape index (κ1) is 12.6. The van der Waals surface area contributed by atoms with Gasteiger partial charge in [0.05, 0.1) is 7.11 Å². The molecule has 4 nitrogen and oxygen atoms in total. The smallest absolute Gasteiger partial charge is 0.122 e. The largest absolute Gasteiger partial charge is 0.496 e. The molecule has 1 aromatic carbocycles. The first-order valence-electron chi connectivity index (χ1n) is 6.19. The Kier molecular flexibility index (Phi) is 4.36. The number of methoxy groups -OCH3 is 1. The van der Waals surface area contributed by atoms with Crippen LogP contribution < -0.4 is 10.1 Å². The van der Waals surface area contributed by atoms with Crippen molar-refractivity contribution in [3.8, 4) is 5.75 Å². The zero-order valence-electron chi connectivity index (χ0n) is 10.9. The molecule has 1 aromatic heterocycles. The highest BCUT2D eigenvalue weighted by Gasteiger charge is 2.06. The minimum Gasteiger partial charge on any atom is -0.496 e. The molecule has 0 bridgehead atoms. The number of aromatic amines is 1. The van der Waals surface area contributed by atoms with E-state index in [0.29, 0.717) is 0 Å². The summed E-state index contributed by atoms with van der Waals surface area (Å²) in [5.74, 6) is 1.87. The lowest BCUT2D eigenvalue weighted by Gasteiger charge is -2.06. The minimum atomic E-state index is 0.760. The Morgan fingerprint density at radius 3 is 2.94 bits per heavy atom. The van der Waals surface area contributed by atoms with Crippen LogP contribution in [0.3, 0.4) is 0 Å². The van der Waals surface area contributed by atoms with Gasteiger partial charge in [0.15, 0.2) is 0 Å². The maximum Gasteiger partial charge on any atom is 0.122 e. The van der Waals surface area contributed by atoms with Crippen LogP contribution in [-0.2, 0) is 13.0 Å². The lowest BCUT2D eigenvalue weighted by atomic mass is 10.1. The fraction of sp³-hybridized carbons (Fsp3) is 0.357. The molecule has 0 spiro atoms. The van der Waals surface area contributed by atoms with Crippen LogP contribution in [0.5, 0.6) is 5.75 Å². The van der Waals surface area contributed by atoms with Gasteiger partial charge >= 0.3 is 0 Å². The van der Waals surface area contributed by atoms with Crippen LogP contribution in [0.1, 0.15) is 24.0 Å². The summed E-state index contributed by atoms with van der Waals surface area (Å²) < 4.78 is 5.34. The summed E-state index contributed by atoms with van der Waals surface area (Å²) >= 11 is 0. The Bertz CT molecular complexity index is 493. The fourth-order valence-corrected chi connectivity index (χ4v) is 1.87. The predicted octanol–water partition coefficient (Wildman–Crippen LogP) is 2.12. The molecule has 0 saturated carbocycles. The van der Waals surface area contributed by atoms with E-state index < -0.39 is 0 Å². The van der Waals surface area contributed by atoms with Gasteiger partial charge in [-0.15, -0.1) is 0 Å². The first-order chi connectivity index (χ1) is 8.83. The van der Waals surface area contributed by atoms with Crippen LogP contribution in [0.4, 0.5) is 0 Å². The number of nitrogens with one attached hydrogen (secondary N) is 2. The second-order valence-electron chi connectivity index (χ2n) is 4.12. The van der Waals surface area contributed by atoms with Crippen molar-refractivity contribution in [3.05, 3.63) is 47.5 Å². The van der Waals surface area contributed by atoms with E-state index in [2.05, 4.69) is 28.3 Å². The molecule has 0 aliphatic carbocycles. The van der Waals surface area contributed by atoms with Crippen LogP contribution >= 0.6 is 0 Å². The number of H-pyrrole nitrogens is 1. The summed E-state index contributed by atoms with van der Waals surface area (Å²) in [4.78, 5) is 7.71. The van der Waals surface area contributed by atoms with Gasteiger partial charge in [0.2, 0.25) is 0 Å². The van der Waals surface area contributed by atoms with Crippen molar-refractivity contribution in [1.82, 2.24) is 15.3 Å². The average molecular weight is 245 g/mol. The monoisotopic (exact) mass is 245 g/mol. The van der Waals surface area contributed by atoms with Crippen LogP contribution in [0, 0.1) is 0 Å². The standard InChI is InChI=1S/C14H19N3O/c1-3-15-9-12-10-16-14(17-12)8-11-6-4-5-7-13(11)18-2/h4-7,10,15H,3,8-9H2,1-2H3,(H,16,17). The number of ether oxygens (including phenoxy) is 1. The van der Waals surface area contributed by atoms with Gasteiger partial charge in [-0.05, 0) is 12.6 Å². The molecule has 96 valence electrons. The lowest BCUT2D eigenvalue weighted by molar-refractivity contribution is 0.410. The highest BCUT2D eigenvalue weighted by atomic mass is 16.5. The molecule has 0 unspecified atom stereocenters. The number of nitrogens with zero attached hydrogens (tertiary/aromatic N) is 1. The predicted molar refractivity (Wildman–Crippen MR) is 71.8 cm³/mol. The quantitative estimate of drug-likeness (QED) is 0.819. The van der Waals surface area contributed by atoms with E-state index in [1.165, 1.54) is 0 Å². The second-order valence-corrected chi connectivity index (χ2v) is 4.12. The molecule has 0 fully saturated rings. The van der Waals surface area contributed by atoms with Crippen molar-refractivity contribution in [2.45, 2.75) is 19.9 Å². The molecule has 0 aliphatic rings. The Morgan fingerprint density at radius 1 is 1.33 bits per heavy atom. The summed E-state index contributed by atoms with van der Waals surface area (Å²) in [6, 6.07) is 8.02. The number of hydrogen-bond acceptors (Lipinski definition) is 3. The molecule has 0 radical (unpaired) electrons. The van der Waals surface area contributed by atoms with E-state index in [1.807, 2.05) is 24.4 Å². The van der Waals surface area contributed by atoms with Crippen molar-refractivity contribution in [1.29, 1.82) is 0 Å². The van der Waals surface area contributed by atoms with Gasteiger partial charge in [0.1, 0.15) is 11.6 Å². The number of benzene rings is 1. The molecule has 2 aromatic rings. The van der Waals surface area contributed by atoms with Gasteiger partial charge in [-0.25, -0.2) is 4.98 Å². The highest BCUT2D eigenvalue weighted by molar-refractivity contribution is 5.35. The number of hydrogen-bond donors (Lipinski definition) is 2. The molecule has 2 N–H and O–H groups in total. The Morgan fingerprint density at radius 2 is 2.17 bits per heavy atom. The molecule has 0 atom stereocenters. The van der Waals surface area contributed by atoms with Crippen LogP contribution in [0.25, 0.3) is 0 Å². The van der Waals surface area contributed by atoms with E-state index in [0.717, 1.165) is 42.3 Å². The van der Waals surface area contributed by atoms with Crippen molar-refractivity contribution < 1.29 is 4.74 Å². The maximum absolute atomic E-state index is 5.34. The summed E-state index contributed by atoms with van der Waals surface area (Å²) in [6.45, 7) is 3.88. The molecule has 0 saturated heterocycles. The van der Waals surface area contributed by atoms with Crippen LogP contribution in [-0.4, -0.2) is 23.6 Å². The SMILES string of the molecule is CCNCc1cnc(Cc2ccccc2OC)[nH]1. The van der Waals surface area contributed by atoms with Crippen molar-refractivity contribution in [3.63, 3.8) is 0 Å². The van der Waals surface area contributed by atoms with Crippen LogP contribution in [0.2, 0.25) is 0 Å². The molecule has 0 amide bonds. The molecule has 0 aliphatic heterocycles. The Hall–Kier alpha value is -1.81. The molecule has 18 heavy (non-hydrogen) atoms. The van der Waals surface area contributed by atoms with Gasteiger partial charge in [0, 0.05) is 30.4 Å². The zero-order valence-corrected chi connectivity index (χ0v) is 10.9. The van der Waals surface area contributed by atoms with E-state index >= 15 is 0 Å². The van der Waals surface area contributed by atoms with E-state index in [1.54, 1.807) is 7.11 Å². The summed E-state index contributed by atoms with van der Waals surface area (Å²) in [5, 5.41) is 3.27. The van der Waals surface area contributed by atoms with Crippen molar-refractivity contribution in [2.24, 2.45) is 0 Å². The van der Waals surface area contributed by atoms with Gasteiger partial charge in [-0.1, -0.05) is 25.1 Å². The summed E-state index contributed by atoms with van der Waals surface area (Å²) in [6.07, 6.45) is 2.64. The van der Waals surface area contributed by atoms with Gasteiger partial charge < -0.3 is 15.0 Å². The Labute approximate surface area is 107 Å². The Balaban J connectivity index is 2.06. The molecule has 4 heteroatoms. The first-order valence-corrected chi connectivity index (χ1v) is 6.19. The molecule has 2 rings (SSSR count). The van der Waals surface area contributed by atoms with Crippen LogP contribution in [0.15, 0.2) is 30.5 Å². The number of imidazole rings is 1. The highest BCUT2D eigenvalue weighted by Crippen LogP contribution is 2.19. The van der Waals surface area contributed by atoms with Gasteiger partial charge in [0.25, 0.3) is 0 Å². The van der Waals surface area contributed by atoms with Gasteiger partial charge in [-0.3, -0.25) is 0 Å². The summed E-state index contributed by atoms with van der Waals surface area (Å²) in [7, 11) is 1.69. The lowest BCUT2D eigenvalue weighted by Crippen LogP contribution is -2.11. The summed E-state index contributed by atoms with van der Waals surface area (Å²) in [5.41, 5.74) is 2.26. The third-order valence-electron chi connectivity index (χ3n) is 2.80. The number of aromatic nitrogens is 2. The van der Waals surface area contributed by atoms with E-state index in [4.69, 9.17) is 4.74 Å². The van der Waals surface area contributed by atoms with Gasteiger partial charge in [-0.2, -0.15) is 0 Å². The maximum atomic E-state index is 5.34. The average Bonchev–Trinajstić information content (AvgIpc) is 2.84. The van der Waals surface area contributed by atoms with E-state index in [9.17, 15) is 0 Å².